The number of aromatic nitrogens is 2. The Morgan fingerprint density at radius 3 is 3.04 bits per heavy atom. The summed E-state index contributed by atoms with van der Waals surface area (Å²) in [6.45, 7) is 1.86. The molecule has 2 aromatic heterocycles. The lowest BCUT2D eigenvalue weighted by atomic mass is 10.2. The minimum atomic E-state index is -0.120. The van der Waals surface area contributed by atoms with E-state index < -0.39 is 0 Å². The lowest BCUT2D eigenvalue weighted by Gasteiger charge is -2.08. The van der Waals surface area contributed by atoms with Crippen molar-refractivity contribution in [2.75, 3.05) is 5.32 Å². The molecule has 0 fully saturated rings. The van der Waals surface area contributed by atoms with Gasteiger partial charge in [-0.05, 0) is 36.1 Å². The third-order valence-corrected chi connectivity index (χ3v) is 4.45. The largest absolute Gasteiger partial charge is 0.339 e. The van der Waals surface area contributed by atoms with E-state index in [9.17, 15) is 4.79 Å². The molecular formula is C16H14ClN3O2S. The first-order valence-corrected chi connectivity index (χ1v) is 8.35. The molecule has 23 heavy (non-hydrogen) atoms. The molecular weight excluding hydrogens is 334 g/mol. The number of benzene rings is 1. The van der Waals surface area contributed by atoms with Crippen molar-refractivity contribution in [1.29, 1.82) is 0 Å². The zero-order chi connectivity index (χ0) is 16.2. The molecule has 0 radical (unpaired) electrons. The van der Waals surface area contributed by atoms with Crippen LogP contribution in [0.25, 0.3) is 11.4 Å². The molecule has 0 unspecified atom stereocenters. The summed E-state index contributed by atoms with van der Waals surface area (Å²) in [6, 6.07) is 7.33. The third-order valence-electron chi connectivity index (χ3n) is 3.36. The normalized spacial score (nSPS) is 10.7. The molecule has 0 aliphatic carbocycles. The highest BCUT2D eigenvalue weighted by molar-refractivity contribution is 7.08. The maximum atomic E-state index is 12.0. The number of thiophene rings is 1. The molecule has 3 rings (SSSR count). The van der Waals surface area contributed by atoms with Crippen LogP contribution in [0.4, 0.5) is 5.69 Å². The average Bonchev–Trinajstić information content (AvgIpc) is 3.20. The van der Waals surface area contributed by atoms with Crippen molar-refractivity contribution in [1.82, 2.24) is 10.1 Å². The van der Waals surface area contributed by atoms with Gasteiger partial charge in [0.05, 0.1) is 0 Å². The number of nitrogens with zero attached hydrogens (tertiary/aromatic N) is 2. The standard InChI is InChI=1S/C16H14ClN3O2S/c1-10-12(17)3-2-4-13(10)18-14(21)5-6-15-19-16(20-22-15)11-7-8-23-9-11/h2-4,7-9H,5-6H2,1H3,(H,18,21). The molecule has 118 valence electrons. The van der Waals surface area contributed by atoms with Crippen LogP contribution in [0.3, 0.4) is 0 Å². The molecule has 2 heterocycles. The number of aryl methyl sites for hydroxylation is 1. The van der Waals surface area contributed by atoms with Crippen molar-refractivity contribution in [3.8, 4) is 11.4 Å². The highest BCUT2D eigenvalue weighted by Gasteiger charge is 2.12. The van der Waals surface area contributed by atoms with Gasteiger partial charge >= 0.3 is 0 Å². The number of hydrogen-bond acceptors (Lipinski definition) is 5. The fourth-order valence-corrected chi connectivity index (χ4v) is 2.85. The van der Waals surface area contributed by atoms with Gasteiger partial charge in [0.25, 0.3) is 0 Å². The van der Waals surface area contributed by atoms with Crippen molar-refractivity contribution < 1.29 is 9.32 Å². The average molecular weight is 348 g/mol. The van der Waals surface area contributed by atoms with Crippen molar-refractivity contribution in [3.05, 3.63) is 51.5 Å². The van der Waals surface area contributed by atoms with E-state index in [2.05, 4.69) is 15.5 Å². The number of nitrogens with one attached hydrogen (secondary N) is 1. The summed E-state index contributed by atoms with van der Waals surface area (Å²) in [5.41, 5.74) is 2.48. The molecule has 5 nitrogen and oxygen atoms in total. The third kappa shape index (κ3) is 3.78. The maximum absolute atomic E-state index is 12.0. The number of carbonyl (C=O) groups excluding carboxylic acids is 1. The van der Waals surface area contributed by atoms with Crippen LogP contribution in [0.5, 0.6) is 0 Å². The van der Waals surface area contributed by atoms with Gasteiger partial charge in [0, 0.05) is 34.5 Å². The summed E-state index contributed by atoms with van der Waals surface area (Å²) in [5.74, 6) is 0.877. The molecule has 0 atom stereocenters. The fourth-order valence-electron chi connectivity index (χ4n) is 2.04. The Kier molecular flexibility index (Phi) is 4.73. The van der Waals surface area contributed by atoms with E-state index in [0.29, 0.717) is 28.8 Å². The van der Waals surface area contributed by atoms with E-state index in [-0.39, 0.29) is 12.3 Å². The summed E-state index contributed by atoms with van der Waals surface area (Å²) < 4.78 is 5.17. The highest BCUT2D eigenvalue weighted by Crippen LogP contribution is 2.23. The number of rotatable bonds is 5. The smallest absolute Gasteiger partial charge is 0.227 e. The van der Waals surface area contributed by atoms with Crippen LogP contribution in [0.2, 0.25) is 5.02 Å². The van der Waals surface area contributed by atoms with E-state index in [1.54, 1.807) is 23.5 Å². The van der Waals surface area contributed by atoms with Crippen LogP contribution in [0, 0.1) is 6.92 Å². The highest BCUT2D eigenvalue weighted by atomic mass is 35.5. The first kappa shape index (κ1) is 15.7. The lowest BCUT2D eigenvalue weighted by molar-refractivity contribution is -0.116. The molecule has 1 aromatic carbocycles. The van der Waals surface area contributed by atoms with Crippen LogP contribution in [-0.4, -0.2) is 16.0 Å². The van der Waals surface area contributed by atoms with Gasteiger partial charge in [0.15, 0.2) is 0 Å². The zero-order valence-electron chi connectivity index (χ0n) is 12.4. The summed E-state index contributed by atoms with van der Waals surface area (Å²) in [4.78, 5) is 16.3. The molecule has 3 aromatic rings. The SMILES string of the molecule is Cc1c(Cl)cccc1NC(=O)CCc1nc(-c2ccsc2)no1. The summed E-state index contributed by atoms with van der Waals surface area (Å²) in [6.07, 6.45) is 0.653. The predicted molar refractivity (Wildman–Crippen MR) is 90.8 cm³/mol. The first-order chi connectivity index (χ1) is 11.1. The monoisotopic (exact) mass is 347 g/mol. The van der Waals surface area contributed by atoms with Crippen LogP contribution in [-0.2, 0) is 11.2 Å². The molecule has 0 saturated heterocycles. The Morgan fingerprint density at radius 2 is 2.26 bits per heavy atom. The number of halogens is 1. The number of anilines is 1. The Labute approximate surface area is 142 Å². The van der Waals surface area contributed by atoms with E-state index in [4.69, 9.17) is 16.1 Å². The molecule has 0 spiro atoms. The quantitative estimate of drug-likeness (QED) is 0.745. The molecule has 1 amide bonds. The molecule has 0 saturated carbocycles. The Morgan fingerprint density at radius 1 is 1.39 bits per heavy atom. The van der Waals surface area contributed by atoms with Crippen LogP contribution in [0.15, 0.2) is 39.5 Å². The van der Waals surface area contributed by atoms with Gasteiger partial charge in [-0.15, -0.1) is 0 Å². The molecule has 7 heteroatoms. The minimum absolute atomic E-state index is 0.120. The number of amides is 1. The number of carbonyl (C=O) groups is 1. The van der Waals surface area contributed by atoms with E-state index in [0.717, 1.165) is 11.1 Å². The van der Waals surface area contributed by atoms with Gasteiger partial charge in [-0.2, -0.15) is 16.3 Å². The second-order valence-corrected chi connectivity index (χ2v) is 6.17. The van der Waals surface area contributed by atoms with E-state index in [1.165, 1.54) is 0 Å². The van der Waals surface area contributed by atoms with Gasteiger partial charge in [0.1, 0.15) is 0 Å². The first-order valence-electron chi connectivity index (χ1n) is 7.03. The van der Waals surface area contributed by atoms with E-state index >= 15 is 0 Å². The molecule has 0 bridgehead atoms. The second-order valence-electron chi connectivity index (χ2n) is 4.98. The molecule has 1 N–H and O–H groups in total. The van der Waals surface area contributed by atoms with Crippen molar-refractivity contribution in [3.63, 3.8) is 0 Å². The van der Waals surface area contributed by atoms with Gasteiger partial charge < -0.3 is 9.84 Å². The minimum Gasteiger partial charge on any atom is -0.339 e. The summed E-state index contributed by atoms with van der Waals surface area (Å²) in [7, 11) is 0. The van der Waals surface area contributed by atoms with Gasteiger partial charge in [-0.25, -0.2) is 0 Å². The van der Waals surface area contributed by atoms with Crippen LogP contribution < -0.4 is 5.32 Å². The zero-order valence-corrected chi connectivity index (χ0v) is 13.9. The number of hydrogen-bond donors (Lipinski definition) is 1. The van der Waals surface area contributed by atoms with Gasteiger partial charge in [-0.3, -0.25) is 4.79 Å². The maximum Gasteiger partial charge on any atom is 0.227 e. The fraction of sp³-hybridized carbons (Fsp3) is 0.188. The Hall–Kier alpha value is -2.18. The van der Waals surface area contributed by atoms with Crippen molar-refractivity contribution in [2.24, 2.45) is 0 Å². The predicted octanol–water partition coefficient (Wildman–Crippen LogP) is 4.33. The Balaban J connectivity index is 1.58. The lowest BCUT2D eigenvalue weighted by Crippen LogP contribution is -2.13. The summed E-state index contributed by atoms with van der Waals surface area (Å²) >= 11 is 7.61. The Bertz CT molecular complexity index is 815. The van der Waals surface area contributed by atoms with Crippen LogP contribution in [0.1, 0.15) is 17.9 Å². The van der Waals surface area contributed by atoms with E-state index in [1.807, 2.05) is 29.8 Å². The second kappa shape index (κ2) is 6.93. The topological polar surface area (TPSA) is 68.0 Å². The van der Waals surface area contributed by atoms with Crippen LogP contribution >= 0.6 is 22.9 Å². The molecule has 0 aliphatic rings. The summed E-state index contributed by atoms with van der Waals surface area (Å²) in [5, 5.41) is 11.3. The van der Waals surface area contributed by atoms with Gasteiger partial charge in [0.2, 0.25) is 17.6 Å². The molecule has 0 aliphatic heterocycles. The van der Waals surface area contributed by atoms with Gasteiger partial charge in [-0.1, -0.05) is 22.8 Å². The van der Waals surface area contributed by atoms with Crippen molar-refractivity contribution in [2.45, 2.75) is 19.8 Å². The van der Waals surface area contributed by atoms with Crippen molar-refractivity contribution >= 4 is 34.5 Å².